The fourth-order valence-corrected chi connectivity index (χ4v) is 14.0. The predicted molar refractivity (Wildman–Crippen MR) is 181 cm³/mol. The Morgan fingerprint density at radius 1 is 1.04 bits per heavy atom. The van der Waals surface area contributed by atoms with Gasteiger partial charge >= 0.3 is 11.9 Å². The summed E-state index contributed by atoms with van der Waals surface area (Å²) in [5.41, 5.74) is -1.22. The number of aliphatic hydroxyl groups excluding tert-OH is 1. The summed E-state index contributed by atoms with van der Waals surface area (Å²) in [6.07, 6.45) is 6.12. The van der Waals surface area contributed by atoms with Crippen LogP contribution in [0.1, 0.15) is 113 Å². The van der Waals surface area contributed by atoms with E-state index in [1.54, 1.807) is 13.8 Å². The van der Waals surface area contributed by atoms with Gasteiger partial charge in [0.2, 0.25) is 0 Å². The number of hydrogen-bond acceptors (Lipinski definition) is 9. The van der Waals surface area contributed by atoms with Crippen LogP contribution < -0.4 is 0 Å². The van der Waals surface area contributed by atoms with Crippen molar-refractivity contribution in [3.8, 4) is 0 Å². The Bertz CT molecular complexity index is 1320. The number of nitrogens with zero attached hydrogens (tertiary/aromatic N) is 1. The molecule has 0 radical (unpaired) electrons. The van der Waals surface area contributed by atoms with Crippen LogP contribution >= 0.6 is 0 Å². The van der Waals surface area contributed by atoms with Gasteiger partial charge in [0.05, 0.1) is 43.0 Å². The van der Waals surface area contributed by atoms with Gasteiger partial charge in [0.15, 0.2) is 12.4 Å². The van der Waals surface area contributed by atoms with Gasteiger partial charge in [0.1, 0.15) is 0 Å². The highest BCUT2D eigenvalue weighted by atomic mass is 16.7. The highest BCUT2D eigenvalue weighted by Crippen LogP contribution is 2.89. The Hall–Kier alpha value is -1.30. The molecule has 14 atom stereocenters. The number of carbonyl (C=O) groups excluding carboxylic acids is 1. The summed E-state index contributed by atoms with van der Waals surface area (Å²) < 4.78 is 25.4. The lowest BCUT2D eigenvalue weighted by Gasteiger charge is -2.64. The van der Waals surface area contributed by atoms with Gasteiger partial charge in [-0.2, -0.15) is 0 Å². The van der Waals surface area contributed by atoms with Crippen molar-refractivity contribution in [2.45, 2.75) is 156 Å². The first-order valence-electron chi connectivity index (χ1n) is 19.3. The van der Waals surface area contributed by atoms with Crippen LogP contribution in [0.3, 0.4) is 0 Å². The van der Waals surface area contributed by atoms with Crippen LogP contribution in [-0.4, -0.2) is 101 Å². The Kier molecular flexibility index (Phi) is 8.73. The van der Waals surface area contributed by atoms with Crippen LogP contribution in [0.5, 0.6) is 0 Å². The number of ether oxygens (including phenoxy) is 4. The Morgan fingerprint density at radius 2 is 1.73 bits per heavy atom. The van der Waals surface area contributed by atoms with Crippen LogP contribution in [-0.2, 0) is 28.5 Å². The molecule has 3 N–H and O–H groups in total. The molecule has 2 spiro atoms. The summed E-state index contributed by atoms with van der Waals surface area (Å²) in [7, 11) is 0. The molecule has 10 nitrogen and oxygen atoms in total. The van der Waals surface area contributed by atoms with Crippen molar-refractivity contribution in [2.75, 3.05) is 26.2 Å². The smallest absolute Gasteiger partial charge is 0.304 e. The van der Waals surface area contributed by atoms with Crippen molar-refractivity contribution >= 4 is 11.9 Å². The normalized spacial score (nSPS) is 49.4. The molecule has 5 saturated carbocycles. The molecule has 7 rings (SSSR count). The standard InChI is InChI=1S/C39H63NO9/c1-22-19-24(33(35(5,6)45)47-23(2)41)48-31-30(22)36(7)14-15-39-21-38(39)13-11-27(49-29-20-40(17-18-46-29)16-12-28(42)43)34(3,4)25(38)9-10-26(39)37(36,8)32(31)44/h22,24-27,29-33,44-45H,9-21H2,1-8H3,(H,42,43)/t22-,24-,25+,26+,27+,29+,30+,31+,32+,33+,36-,37-,38-,39+/m1/s1. The fraction of sp³-hybridized carbons (Fsp3) is 0.949. The highest BCUT2D eigenvalue weighted by Gasteiger charge is 2.84. The molecule has 0 aromatic heterocycles. The molecule has 0 unspecified atom stereocenters. The van der Waals surface area contributed by atoms with Gasteiger partial charge in [-0.1, -0.05) is 34.6 Å². The van der Waals surface area contributed by atoms with Gasteiger partial charge in [-0.15, -0.1) is 0 Å². The number of aliphatic hydroxyl groups is 2. The van der Waals surface area contributed by atoms with Gasteiger partial charge in [0.25, 0.3) is 0 Å². The maximum absolute atomic E-state index is 12.6. The quantitative estimate of drug-likeness (QED) is 0.298. The van der Waals surface area contributed by atoms with Gasteiger partial charge in [-0.05, 0) is 111 Å². The predicted octanol–water partition coefficient (Wildman–Crippen LogP) is 5.02. The number of esters is 1. The maximum Gasteiger partial charge on any atom is 0.304 e. The highest BCUT2D eigenvalue weighted by molar-refractivity contribution is 5.67. The molecule has 0 bridgehead atoms. The number of carboxylic acids is 1. The molecule has 0 amide bonds. The van der Waals surface area contributed by atoms with Gasteiger partial charge in [0, 0.05) is 32.0 Å². The first-order chi connectivity index (χ1) is 22.8. The van der Waals surface area contributed by atoms with E-state index in [1.165, 1.54) is 19.8 Å². The average Bonchev–Trinajstić information content (AvgIpc) is 3.64. The number of morpholine rings is 1. The van der Waals surface area contributed by atoms with E-state index >= 15 is 0 Å². The van der Waals surface area contributed by atoms with E-state index in [2.05, 4.69) is 39.5 Å². The molecule has 7 fully saturated rings. The molecule has 49 heavy (non-hydrogen) atoms. The van der Waals surface area contributed by atoms with Crippen LogP contribution in [0.15, 0.2) is 0 Å². The number of hydrogen-bond donors (Lipinski definition) is 3. The molecule has 10 heteroatoms. The van der Waals surface area contributed by atoms with Gasteiger partial charge in [-0.3, -0.25) is 14.5 Å². The van der Waals surface area contributed by atoms with E-state index in [9.17, 15) is 24.9 Å². The average molecular weight is 690 g/mol. The number of carboxylic acid groups (broad SMARTS) is 1. The summed E-state index contributed by atoms with van der Waals surface area (Å²) in [5, 5.41) is 32.8. The van der Waals surface area contributed by atoms with E-state index in [0.717, 1.165) is 38.6 Å². The fourth-order valence-electron chi connectivity index (χ4n) is 14.0. The molecule has 2 heterocycles. The Labute approximate surface area is 292 Å². The minimum Gasteiger partial charge on any atom is -0.481 e. The van der Waals surface area contributed by atoms with Crippen molar-refractivity contribution in [1.82, 2.24) is 4.90 Å². The van der Waals surface area contributed by atoms with Crippen LogP contribution in [0.2, 0.25) is 0 Å². The third-order valence-corrected chi connectivity index (χ3v) is 16.2. The summed E-state index contributed by atoms with van der Waals surface area (Å²) in [6.45, 7) is 19.0. The first-order valence-corrected chi connectivity index (χ1v) is 19.3. The van der Waals surface area contributed by atoms with Crippen molar-refractivity contribution in [3.63, 3.8) is 0 Å². The third kappa shape index (κ3) is 5.22. The van der Waals surface area contributed by atoms with Crippen molar-refractivity contribution in [2.24, 2.45) is 50.7 Å². The van der Waals surface area contributed by atoms with Crippen molar-refractivity contribution in [3.05, 3.63) is 0 Å². The molecule has 2 saturated heterocycles. The maximum atomic E-state index is 12.6. The van der Waals surface area contributed by atoms with Crippen LogP contribution in [0.25, 0.3) is 0 Å². The lowest BCUT2D eigenvalue weighted by atomic mass is 9.41. The molecule has 278 valence electrons. The first kappa shape index (κ1) is 36.1. The van der Waals surface area contributed by atoms with Gasteiger partial charge in [-0.25, -0.2) is 0 Å². The largest absolute Gasteiger partial charge is 0.481 e. The lowest BCUT2D eigenvalue weighted by molar-refractivity contribution is -0.249. The molecule has 0 aromatic carbocycles. The molecular formula is C39H63NO9. The summed E-state index contributed by atoms with van der Waals surface area (Å²) >= 11 is 0. The number of carbonyl (C=O) groups is 2. The molecule has 7 aliphatic rings. The van der Waals surface area contributed by atoms with Crippen LogP contribution in [0, 0.1) is 50.7 Å². The minimum atomic E-state index is -1.27. The second kappa shape index (κ2) is 11.9. The van der Waals surface area contributed by atoms with Gasteiger partial charge < -0.3 is 34.3 Å². The minimum absolute atomic E-state index is 0.0307. The van der Waals surface area contributed by atoms with E-state index in [-0.39, 0.29) is 63.8 Å². The summed E-state index contributed by atoms with van der Waals surface area (Å²) in [6, 6.07) is 0. The lowest BCUT2D eigenvalue weighted by Crippen LogP contribution is -2.60. The monoisotopic (exact) mass is 689 g/mol. The third-order valence-electron chi connectivity index (χ3n) is 16.2. The van der Waals surface area contributed by atoms with E-state index < -0.39 is 35.9 Å². The Balaban J connectivity index is 1.10. The van der Waals surface area contributed by atoms with E-state index in [1.807, 2.05) is 0 Å². The number of aliphatic carboxylic acids is 1. The summed E-state index contributed by atoms with van der Waals surface area (Å²) in [4.78, 5) is 25.4. The number of rotatable bonds is 8. The van der Waals surface area contributed by atoms with E-state index in [0.29, 0.717) is 38.0 Å². The van der Waals surface area contributed by atoms with Crippen molar-refractivity contribution < 1.29 is 43.9 Å². The van der Waals surface area contributed by atoms with Crippen LogP contribution in [0.4, 0.5) is 0 Å². The zero-order valence-corrected chi connectivity index (χ0v) is 31.2. The second-order valence-electron chi connectivity index (χ2n) is 19.1. The second-order valence-corrected chi connectivity index (χ2v) is 19.1. The topological polar surface area (TPSA) is 135 Å². The molecular weight excluding hydrogens is 626 g/mol. The Morgan fingerprint density at radius 3 is 2.41 bits per heavy atom. The summed E-state index contributed by atoms with van der Waals surface area (Å²) in [5.74, 6) is 0.168. The zero-order chi connectivity index (χ0) is 35.5. The zero-order valence-electron chi connectivity index (χ0n) is 31.2. The SMILES string of the molecule is CC(=O)O[C@@H]([C@H]1C[C@@H](C)[C@H]2[C@H](O1)[C@H](O)[C@@]1(C)[C@@H]3CC[C@H]4C(C)(C)[C@@H](O[C@H]5CN(CCC(=O)O)CCO5)CC[C@@]45C[C@@]35CC[C@]21C)C(C)(C)O. The molecule has 2 aliphatic heterocycles. The molecule has 5 aliphatic carbocycles. The van der Waals surface area contributed by atoms with Crippen molar-refractivity contribution in [1.29, 1.82) is 0 Å². The molecule has 0 aromatic rings. The number of fused-ring (bicyclic) bond motifs is 4. The van der Waals surface area contributed by atoms with E-state index in [4.69, 9.17) is 18.9 Å².